The Morgan fingerprint density at radius 1 is 1.29 bits per heavy atom. The van der Waals surface area contributed by atoms with Gasteiger partial charge in [-0.1, -0.05) is 6.07 Å². The van der Waals surface area contributed by atoms with Gasteiger partial charge in [-0.25, -0.2) is 0 Å². The summed E-state index contributed by atoms with van der Waals surface area (Å²) >= 11 is 0. The van der Waals surface area contributed by atoms with E-state index in [1.54, 1.807) is 6.07 Å². The van der Waals surface area contributed by atoms with Gasteiger partial charge >= 0.3 is 25.0 Å². The minimum atomic E-state index is -4.27. The molecule has 0 unspecified atom stereocenters. The van der Waals surface area contributed by atoms with E-state index in [1.165, 1.54) is 6.07 Å². The molecular formula is C9H6F3LiO. The molecular weight excluding hydrogens is 188 g/mol. The van der Waals surface area contributed by atoms with Crippen LogP contribution in [0.4, 0.5) is 13.2 Å². The van der Waals surface area contributed by atoms with Gasteiger partial charge in [0.05, 0.1) is 0 Å². The quantitative estimate of drug-likeness (QED) is 0.337. The summed E-state index contributed by atoms with van der Waals surface area (Å²) in [6.45, 7) is 0.446. The Bertz CT molecular complexity index is 320. The van der Waals surface area contributed by atoms with Crippen molar-refractivity contribution < 1.29 is 36.8 Å². The van der Waals surface area contributed by atoms with Crippen LogP contribution in [0.25, 0.3) is 0 Å². The molecule has 0 aromatic heterocycles. The molecule has 1 aliphatic rings. The second-order valence-corrected chi connectivity index (χ2v) is 2.79. The zero-order valence-electron chi connectivity index (χ0n) is 7.56. The number of benzene rings is 1. The first-order valence-electron chi connectivity index (χ1n) is 3.73. The third kappa shape index (κ3) is 2.47. The molecule has 1 fully saturated rings. The molecule has 0 N–H and O–H groups in total. The van der Waals surface area contributed by atoms with Crippen molar-refractivity contribution in [3.8, 4) is 0 Å². The van der Waals surface area contributed by atoms with Crippen LogP contribution in [0.3, 0.4) is 0 Å². The van der Waals surface area contributed by atoms with Gasteiger partial charge in [0.15, 0.2) is 0 Å². The normalized spacial score (nSPS) is 14.9. The van der Waals surface area contributed by atoms with Crippen molar-refractivity contribution in [2.75, 3.05) is 6.61 Å². The fourth-order valence-corrected chi connectivity index (χ4v) is 1.07. The van der Waals surface area contributed by atoms with Gasteiger partial charge in [-0.3, -0.25) is 0 Å². The second kappa shape index (κ2) is 3.90. The minimum absolute atomic E-state index is 0. The fourth-order valence-electron chi connectivity index (χ4n) is 1.07. The van der Waals surface area contributed by atoms with E-state index in [9.17, 15) is 13.2 Å². The molecule has 1 nitrogen and oxygen atoms in total. The first kappa shape index (κ1) is 11.5. The molecule has 70 valence electrons. The SMILES string of the molecule is FC(F)(F)c1cccc([C-]2CO2)c1.[Li+]. The maximum absolute atomic E-state index is 12.2. The Balaban J connectivity index is 0.000000980. The zero-order valence-corrected chi connectivity index (χ0v) is 7.56. The number of halogens is 3. The van der Waals surface area contributed by atoms with Crippen LogP contribution in [0.2, 0.25) is 0 Å². The molecule has 1 aliphatic heterocycles. The smallest absolute Gasteiger partial charge is 0.414 e. The largest absolute Gasteiger partial charge is 1.00 e. The number of rotatable bonds is 1. The molecule has 5 heteroatoms. The molecule has 1 saturated heterocycles. The van der Waals surface area contributed by atoms with Crippen molar-refractivity contribution in [1.82, 2.24) is 0 Å². The summed E-state index contributed by atoms with van der Waals surface area (Å²) in [6.07, 6.45) is -3.64. The van der Waals surface area contributed by atoms with Crippen molar-refractivity contribution in [2.24, 2.45) is 0 Å². The Kier molecular flexibility index (Phi) is 3.20. The van der Waals surface area contributed by atoms with Gasteiger partial charge in [-0.05, 0) is 11.7 Å². The second-order valence-electron chi connectivity index (χ2n) is 2.79. The summed E-state index contributed by atoms with van der Waals surface area (Å²) < 4.78 is 41.4. The molecule has 0 spiro atoms. The van der Waals surface area contributed by atoms with Crippen molar-refractivity contribution in [2.45, 2.75) is 6.18 Å². The van der Waals surface area contributed by atoms with E-state index in [0.29, 0.717) is 18.3 Å². The van der Waals surface area contributed by atoms with Crippen molar-refractivity contribution in [3.63, 3.8) is 0 Å². The first-order chi connectivity index (χ1) is 6.07. The molecule has 14 heavy (non-hydrogen) atoms. The van der Waals surface area contributed by atoms with Crippen molar-refractivity contribution >= 4 is 0 Å². The maximum Gasteiger partial charge on any atom is 1.00 e. The van der Waals surface area contributed by atoms with Gasteiger partial charge in [-0.15, -0.1) is 12.1 Å². The van der Waals surface area contributed by atoms with Gasteiger partial charge in [0.25, 0.3) is 0 Å². The van der Waals surface area contributed by atoms with Crippen molar-refractivity contribution in [3.05, 3.63) is 41.5 Å². The first-order valence-corrected chi connectivity index (χ1v) is 3.73. The van der Waals surface area contributed by atoms with E-state index >= 15 is 0 Å². The fraction of sp³-hybridized carbons (Fsp3) is 0.222. The number of hydrogen-bond acceptors (Lipinski definition) is 1. The summed E-state index contributed by atoms with van der Waals surface area (Å²) in [5.74, 6) is 0. The maximum atomic E-state index is 12.2. The van der Waals surface area contributed by atoms with Crippen LogP contribution in [0, 0.1) is 6.10 Å². The van der Waals surface area contributed by atoms with E-state index in [1.807, 2.05) is 0 Å². The predicted molar refractivity (Wildman–Crippen MR) is 39.7 cm³/mol. The van der Waals surface area contributed by atoms with Crippen LogP contribution in [0.1, 0.15) is 11.1 Å². The van der Waals surface area contributed by atoms with Crippen LogP contribution >= 0.6 is 0 Å². The Morgan fingerprint density at radius 3 is 2.43 bits per heavy atom. The van der Waals surface area contributed by atoms with Gasteiger partial charge in [-0.2, -0.15) is 24.8 Å². The molecule has 0 amide bonds. The molecule has 0 aliphatic carbocycles. The standard InChI is InChI=1S/C9H6F3O.Li/c10-9(11,12)7-3-1-2-6(4-7)8-5-13-8;/h1-4H,5H2;/q-1;+1. The monoisotopic (exact) mass is 194 g/mol. The van der Waals surface area contributed by atoms with E-state index in [4.69, 9.17) is 4.74 Å². The van der Waals surface area contributed by atoms with E-state index in [2.05, 4.69) is 0 Å². The van der Waals surface area contributed by atoms with Crippen molar-refractivity contribution in [1.29, 1.82) is 0 Å². The third-order valence-electron chi connectivity index (χ3n) is 1.80. The van der Waals surface area contributed by atoms with Crippen LogP contribution < -0.4 is 18.9 Å². The minimum Gasteiger partial charge on any atom is -0.414 e. The van der Waals surface area contributed by atoms with E-state index < -0.39 is 11.7 Å². The summed E-state index contributed by atoms with van der Waals surface area (Å²) in [5.41, 5.74) is -0.108. The molecule has 0 radical (unpaired) electrons. The molecule has 0 saturated carbocycles. The third-order valence-corrected chi connectivity index (χ3v) is 1.80. The van der Waals surface area contributed by atoms with Gasteiger partial charge in [0, 0.05) is 6.61 Å². The van der Waals surface area contributed by atoms with Crippen LogP contribution in [-0.4, -0.2) is 6.61 Å². The number of epoxide rings is 1. The Morgan fingerprint density at radius 2 is 1.93 bits per heavy atom. The van der Waals surface area contributed by atoms with Gasteiger partial charge < -0.3 is 4.74 Å². The zero-order chi connectivity index (χ0) is 9.47. The molecule has 2 rings (SSSR count). The summed E-state index contributed by atoms with van der Waals surface area (Å²) in [4.78, 5) is 0. The predicted octanol–water partition coefficient (Wildman–Crippen LogP) is -0.380. The van der Waals surface area contributed by atoms with Crippen LogP contribution in [0.15, 0.2) is 24.3 Å². The number of alkyl halides is 3. The Labute approximate surface area is 91.4 Å². The molecule has 0 atom stereocenters. The van der Waals surface area contributed by atoms with E-state index in [0.717, 1.165) is 12.1 Å². The molecule has 1 aromatic carbocycles. The number of ether oxygens (including phenoxy) is 1. The summed E-state index contributed by atoms with van der Waals surface area (Å²) in [5, 5.41) is 0. The topological polar surface area (TPSA) is 12.5 Å². The Hall–Kier alpha value is -0.563. The summed E-state index contributed by atoms with van der Waals surface area (Å²) in [6, 6.07) is 5.14. The van der Waals surface area contributed by atoms with Gasteiger partial charge in [0.1, 0.15) is 0 Å². The molecule has 1 heterocycles. The van der Waals surface area contributed by atoms with Crippen LogP contribution in [0.5, 0.6) is 0 Å². The summed E-state index contributed by atoms with van der Waals surface area (Å²) in [7, 11) is 0. The average Bonchev–Trinajstić information content (AvgIpc) is 2.85. The van der Waals surface area contributed by atoms with E-state index in [-0.39, 0.29) is 18.9 Å². The molecule has 0 bridgehead atoms. The average molecular weight is 194 g/mol. The van der Waals surface area contributed by atoms with Gasteiger partial charge in [0.2, 0.25) is 0 Å². The van der Waals surface area contributed by atoms with Crippen LogP contribution in [-0.2, 0) is 10.9 Å². The molecule has 1 aromatic rings. The number of hydrogen-bond donors (Lipinski definition) is 0.